The molecule has 0 saturated carbocycles. The summed E-state index contributed by atoms with van der Waals surface area (Å²) in [5.41, 5.74) is 2.05. The first kappa shape index (κ1) is 14.2. The summed E-state index contributed by atoms with van der Waals surface area (Å²) in [5.74, 6) is 0.0172. The summed E-state index contributed by atoms with van der Waals surface area (Å²) in [7, 11) is 2.02. The molecule has 2 aromatic rings. The van der Waals surface area contributed by atoms with E-state index in [2.05, 4.69) is 20.9 Å². The van der Waals surface area contributed by atoms with E-state index in [0.29, 0.717) is 11.6 Å². The molecule has 1 atom stereocenters. The van der Waals surface area contributed by atoms with Gasteiger partial charge in [0.15, 0.2) is 0 Å². The normalized spacial score (nSPS) is 19.5. The maximum absolute atomic E-state index is 12.4. The zero-order valence-corrected chi connectivity index (χ0v) is 12.7. The van der Waals surface area contributed by atoms with Gasteiger partial charge in [-0.05, 0) is 23.8 Å². The second kappa shape index (κ2) is 5.92. The summed E-state index contributed by atoms with van der Waals surface area (Å²) < 4.78 is 2.08. The third-order valence-electron chi connectivity index (χ3n) is 3.93. The van der Waals surface area contributed by atoms with E-state index in [1.165, 1.54) is 5.69 Å². The summed E-state index contributed by atoms with van der Waals surface area (Å²) in [6.45, 7) is 2.21. The number of carbonyl (C=O) groups is 1. The highest BCUT2D eigenvalue weighted by molar-refractivity contribution is 6.31. The van der Waals surface area contributed by atoms with Crippen molar-refractivity contribution in [3.8, 4) is 0 Å². The molecule has 1 aliphatic rings. The molecule has 5 heteroatoms. The van der Waals surface area contributed by atoms with Crippen LogP contribution in [0.25, 0.3) is 0 Å². The van der Waals surface area contributed by atoms with E-state index in [4.69, 9.17) is 11.6 Å². The molecule has 1 fully saturated rings. The Morgan fingerprint density at radius 1 is 1.29 bits per heavy atom. The number of aryl methyl sites for hydroxylation is 1. The summed E-state index contributed by atoms with van der Waals surface area (Å²) in [5, 5.41) is 3.57. The zero-order chi connectivity index (χ0) is 14.8. The van der Waals surface area contributed by atoms with Crippen LogP contribution in [0.2, 0.25) is 5.02 Å². The Hall–Kier alpha value is -1.78. The summed E-state index contributed by atoms with van der Waals surface area (Å²) in [6.07, 6.45) is 2.02. The van der Waals surface area contributed by atoms with Crippen molar-refractivity contribution in [3.05, 3.63) is 58.9 Å². The third-order valence-corrected chi connectivity index (χ3v) is 4.27. The molecule has 1 aromatic carbocycles. The first-order valence-electron chi connectivity index (χ1n) is 7.03. The minimum Gasteiger partial charge on any atom is -0.353 e. The van der Waals surface area contributed by atoms with Crippen LogP contribution in [0.5, 0.6) is 0 Å². The van der Waals surface area contributed by atoms with Gasteiger partial charge in [-0.3, -0.25) is 9.69 Å². The lowest BCUT2D eigenvalue weighted by Crippen LogP contribution is -2.49. The highest BCUT2D eigenvalue weighted by atomic mass is 35.5. The van der Waals surface area contributed by atoms with Gasteiger partial charge in [0, 0.05) is 43.6 Å². The Bertz CT molecular complexity index is 652. The molecule has 0 aliphatic carbocycles. The smallest absolute Gasteiger partial charge is 0.242 e. The van der Waals surface area contributed by atoms with Crippen molar-refractivity contribution in [3.63, 3.8) is 0 Å². The molecule has 0 radical (unpaired) electrons. The second-order valence-electron chi connectivity index (χ2n) is 5.30. The highest BCUT2D eigenvalue weighted by Crippen LogP contribution is 2.30. The summed E-state index contributed by atoms with van der Waals surface area (Å²) >= 11 is 6.29. The molecule has 1 saturated heterocycles. The van der Waals surface area contributed by atoms with E-state index in [0.717, 1.165) is 18.7 Å². The monoisotopic (exact) mass is 303 g/mol. The number of aromatic nitrogens is 1. The number of piperazine rings is 1. The number of hydrogen-bond donors (Lipinski definition) is 1. The van der Waals surface area contributed by atoms with Gasteiger partial charge >= 0.3 is 0 Å². The van der Waals surface area contributed by atoms with Gasteiger partial charge in [-0.15, -0.1) is 0 Å². The van der Waals surface area contributed by atoms with Gasteiger partial charge in [0.05, 0.1) is 0 Å². The highest BCUT2D eigenvalue weighted by Gasteiger charge is 2.32. The van der Waals surface area contributed by atoms with E-state index in [9.17, 15) is 4.79 Å². The van der Waals surface area contributed by atoms with Crippen LogP contribution in [0.15, 0.2) is 42.6 Å². The first-order chi connectivity index (χ1) is 10.2. The standard InChI is InChI=1S/C16H18ClN3O/c1-19-9-4-5-12(19)11-20-10-8-18-16(21)15(20)13-6-2-3-7-14(13)17/h2-7,9,15H,8,10-11H2,1H3,(H,18,21)/t15-/m1/s1. The van der Waals surface area contributed by atoms with E-state index in [1.54, 1.807) is 0 Å². The van der Waals surface area contributed by atoms with Crippen molar-refractivity contribution in [2.45, 2.75) is 12.6 Å². The lowest BCUT2D eigenvalue weighted by atomic mass is 10.0. The van der Waals surface area contributed by atoms with Crippen LogP contribution in [-0.2, 0) is 18.4 Å². The predicted octanol–water partition coefficient (Wildman–Crippen LogP) is 2.35. The molecule has 110 valence electrons. The Balaban J connectivity index is 1.92. The largest absolute Gasteiger partial charge is 0.353 e. The van der Waals surface area contributed by atoms with Crippen molar-refractivity contribution in [2.24, 2.45) is 7.05 Å². The van der Waals surface area contributed by atoms with Gasteiger partial charge < -0.3 is 9.88 Å². The molecule has 1 amide bonds. The number of benzene rings is 1. The SMILES string of the molecule is Cn1cccc1CN1CCNC(=O)[C@H]1c1ccccc1Cl. The second-order valence-corrected chi connectivity index (χ2v) is 5.70. The topological polar surface area (TPSA) is 37.3 Å². The fraction of sp³-hybridized carbons (Fsp3) is 0.312. The van der Waals surface area contributed by atoms with Crippen molar-refractivity contribution >= 4 is 17.5 Å². The summed E-state index contributed by atoms with van der Waals surface area (Å²) in [4.78, 5) is 14.5. The first-order valence-corrected chi connectivity index (χ1v) is 7.41. The molecular weight excluding hydrogens is 286 g/mol. The van der Waals surface area contributed by atoms with Gasteiger partial charge in [-0.2, -0.15) is 0 Å². The lowest BCUT2D eigenvalue weighted by Gasteiger charge is -2.35. The average Bonchev–Trinajstić information content (AvgIpc) is 2.86. The molecule has 3 rings (SSSR count). The van der Waals surface area contributed by atoms with E-state index < -0.39 is 0 Å². The van der Waals surface area contributed by atoms with Crippen molar-refractivity contribution < 1.29 is 4.79 Å². The van der Waals surface area contributed by atoms with Crippen LogP contribution in [-0.4, -0.2) is 28.5 Å². The van der Waals surface area contributed by atoms with Crippen LogP contribution in [0.3, 0.4) is 0 Å². The fourth-order valence-corrected chi connectivity index (χ4v) is 3.03. The van der Waals surface area contributed by atoms with Crippen molar-refractivity contribution in [1.82, 2.24) is 14.8 Å². The molecular formula is C16H18ClN3O. The predicted molar refractivity (Wildman–Crippen MR) is 83.0 cm³/mol. The molecule has 0 spiro atoms. The average molecular weight is 304 g/mol. The molecule has 21 heavy (non-hydrogen) atoms. The van der Waals surface area contributed by atoms with E-state index in [-0.39, 0.29) is 11.9 Å². The van der Waals surface area contributed by atoms with Gasteiger partial charge in [0.2, 0.25) is 5.91 Å². The quantitative estimate of drug-likeness (QED) is 0.945. The Kier molecular flexibility index (Phi) is 3.99. The number of nitrogens with zero attached hydrogens (tertiary/aromatic N) is 2. The van der Waals surface area contributed by atoms with Crippen LogP contribution in [0.4, 0.5) is 0 Å². The molecule has 4 nitrogen and oxygen atoms in total. The lowest BCUT2D eigenvalue weighted by molar-refractivity contribution is -0.129. The molecule has 2 heterocycles. The van der Waals surface area contributed by atoms with Gasteiger partial charge in [-0.25, -0.2) is 0 Å². The Morgan fingerprint density at radius 2 is 2.10 bits per heavy atom. The molecule has 0 bridgehead atoms. The van der Waals surface area contributed by atoms with Crippen molar-refractivity contribution in [1.29, 1.82) is 0 Å². The third kappa shape index (κ3) is 2.82. The number of amides is 1. The van der Waals surface area contributed by atoms with Gasteiger partial charge in [-0.1, -0.05) is 29.8 Å². The van der Waals surface area contributed by atoms with Crippen LogP contribution in [0, 0.1) is 0 Å². The Morgan fingerprint density at radius 3 is 2.81 bits per heavy atom. The number of halogens is 1. The molecule has 0 unspecified atom stereocenters. The van der Waals surface area contributed by atoms with Crippen LogP contribution < -0.4 is 5.32 Å². The summed E-state index contributed by atoms with van der Waals surface area (Å²) in [6, 6.07) is 11.3. The number of rotatable bonds is 3. The van der Waals surface area contributed by atoms with Gasteiger partial charge in [0.25, 0.3) is 0 Å². The van der Waals surface area contributed by atoms with Gasteiger partial charge in [0.1, 0.15) is 6.04 Å². The maximum atomic E-state index is 12.4. The van der Waals surface area contributed by atoms with Crippen LogP contribution in [0.1, 0.15) is 17.3 Å². The van der Waals surface area contributed by atoms with E-state index in [1.807, 2.05) is 43.6 Å². The van der Waals surface area contributed by atoms with Crippen molar-refractivity contribution in [2.75, 3.05) is 13.1 Å². The number of carbonyl (C=O) groups excluding carboxylic acids is 1. The number of hydrogen-bond acceptors (Lipinski definition) is 2. The molecule has 1 aliphatic heterocycles. The maximum Gasteiger partial charge on any atom is 0.242 e. The number of nitrogens with one attached hydrogen (secondary N) is 1. The fourth-order valence-electron chi connectivity index (χ4n) is 2.79. The molecule has 1 N–H and O–H groups in total. The van der Waals surface area contributed by atoms with Crippen LogP contribution >= 0.6 is 11.6 Å². The minimum atomic E-state index is -0.331. The minimum absolute atomic E-state index is 0.0172. The zero-order valence-electron chi connectivity index (χ0n) is 11.9. The van der Waals surface area contributed by atoms with E-state index >= 15 is 0 Å². The Labute approximate surface area is 129 Å². The molecule has 1 aromatic heterocycles.